The summed E-state index contributed by atoms with van der Waals surface area (Å²) >= 11 is 0. The van der Waals surface area contributed by atoms with Crippen molar-refractivity contribution in [1.82, 2.24) is 10.2 Å². The van der Waals surface area contributed by atoms with Crippen LogP contribution in [-0.2, 0) is 11.2 Å². The van der Waals surface area contributed by atoms with Crippen LogP contribution in [0, 0.1) is 0 Å². The summed E-state index contributed by atoms with van der Waals surface area (Å²) in [6, 6.07) is 10.5. The molecule has 0 bridgehead atoms. The van der Waals surface area contributed by atoms with Crippen LogP contribution in [0.2, 0.25) is 0 Å². The van der Waals surface area contributed by atoms with Gasteiger partial charge in [0.1, 0.15) is 0 Å². The highest BCUT2D eigenvalue weighted by Crippen LogP contribution is 2.34. The number of fused-ring (bicyclic) bond motifs is 2. The van der Waals surface area contributed by atoms with Crippen LogP contribution in [0.25, 0.3) is 5.70 Å². The number of rotatable bonds is 6. The third-order valence-corrected chi connectivity index (χ3v) is 5.37. The van der Waals surface area contributed by atoms with Crippen LogP contribution in [0.3, 0.4) is 0 Å². The lowest BCUT2D eigenvalue weighted by Gasteiger charge is -2.23. The molecule has 0 atom stereocenters. The average molecular weight is 406 g/mol. The summed E-state index contributed by atoms with van der Waals surface area (Å²) in [6.07, 6.45) is 2.39. The fourth-order valence-electron chi connectivity index (χ4n) is 3.83. The zero-order valence-electron chi connectivity index (χ0n) is 16.9. The standard InChI is InChI=1S/C23H22N2O5/c1-29-20-11-14-7-9-24-19(18(14)13-21(20)30-2)12-15(26)8-10-25-22(27)16-5-3-4-6-17(16)23(25)28/h3-6,11-13,24H,7-10H2,1-2H3. The number of carbonyl (C=O) groups is 3. The second-order valence-electron chi connectivity index (χ2n) is 7.12. The first-order chi connectivity index (χ1) is 14.5. The monoisotopic (exact) mass is 406 g/mol. The van der Waals surface area contributed by atoms with Crippen LogP contribution in [-0.4, -0.2) is 49.8 Å². The number of carbonyl (C=O) groups excluding carboxylic acids is 3. The summed E-state index contributed by atoms with van der Waals surface area (Å²) in [5.41, 5.74) is 3.41. The molecule has 2 amide bonds. The Morgan fingerprint density at radius 3 is 2.30 bits per heavy atom. The van der Waals surface area contributed by atoms with Crippen molar-refractivity contribution in [3.05, 3.63) is 64.7 Å². The maximum Gasteiger partial charge on any atom is 0.261 e. The number of ether oxygens (including phenoxy) is 2. The summed E-state index contributed by atoms with van der Waals surface area (Å²) in [7, 11) is 3.15. The van der Waals surface area contributed by atoms with Gasteiger partial charge in [-0.2, -0.15) is 0 Å². The number of nitrogens with zero attached hydrogens (tertiary/aromatic N) is 1. The Morgan fingerprint density at radius 2 is 1.67 bits per heavy atom. The van der Waals surface area contributed by atoms with E-state index in [1.54, 1.807) is 38.5 Å². The molecule has 0 saturated heterocycles. The normalized spacial score (nSPS) is 16.2. The maximum atomic E-state index is 12.6. The zero-order valence-corrected chi connectivity index (χ0v) is 16.9. The van der Waals surface area contributed by atoms with Gasteiger partial charge in [0, 0.05) is 36.8 Å². The van der Waals surface area contributed by atoms with E-state index in [1.165, 1.54) is 6.08 Å². The predicted molar refractivity (Wildman–Crippen MR) is 111 cm³/mol. The minimum Gasteiger partial charge on any atom is -0.493 e. The van der Waals surface area contributed by atoms with Crippen LogP contribution in [0.5, 0.6) is 11.5 Å². The first-order valence-electron chi connectivity index (χ1n) is 9.72. The Balaban J connectivity index is 1.50. The number of ketones is 1. The van der Waals surface area contributed by atoms with Crippen molar-refractivity contribution < 1.29 is 23.9 Å². The van der Waals surface area contributed by atoms with E-state index in [0.29, 0.717) is 34.9 Å². The molecule has 0 spiro atoms. The van der Waals surface area contributed by atoms with Crippen molar-refractivity contribution >= 4 is 23.3 Å². The third kappa shape index (κ3) is 3.43. The molecule has 0 fully saturated rings. The molecule has 0 aromatic heterocycles. The fourth-order valence-corrected chi connectivity index (χ4v) is 3.83. The van der Waals surface area contributed by atoms with Gasteiger partial charge < -0.3 is 14.8 Å². The van der Waals surface area contributed by atoms with Crippen LogP contribution in [0.1, 0.15) is 38.3 Å². The number of allylic oxidation sites excluding steroid dienone is 1. The highest BCUT2D eigenvalue weighted by Gasteiger charge is 2.34. The molecular formula is C23H22N2O5. The van der Waals surface area contributed by atoms with Crippen molar-refractivity contribution in [3.8, 4) is 11.5 Å². The lowest BCUT2D eigenvalue weighted by Crippen LogP contribution is -2.32. The highest BCUT2D eigenvalue weighted by molar-refractivity contribution is 6.21. The number of benzene rings is 2. The van der Waals surface area contributed by atoms with Gasteiger partial charge in [-0.1, -0.05) is 12.1 Å². The number of nitrogens with one attached hydrogen (secondary N) is 1. The summed E-state index contributed by atoms with van der Waals surface area (Å²) in [4.78, 5) is 38.6. The number of hydrogen-bond donors (Lipinski definition) is 1. The lowest BCUT2D eigenvalue weighted by molar-refractivity contribution is -0.114. The van der Waals surface area contributed by atoms with Crippen molar-refractivity contribution in [2.45, 2.75) is 12.8 Å². The van der Waals surface area contributed by atoms with E-state index < -0.39 is 0 Å². The molecule has 2 aliphatic heterocycles. The first kappa shape index (κ1) is 19.7. The molecule has 30 heavy (non-hydrogen) atoms. The number of imide groups is 1. The molecule has 0 aliphatic carbocycles. The molecule has 2 aromatic carbocycles. The molecule has 7 nitrogen and oxygen atoms in total. The molecule has 2 aliphatic rings. The van der Waals surface area contributed by atoms with E-state index >= 15 is 0 Å². The van der Waals surface area contributed by atoms with Crippen molar-refractivity contribution in [3.63, 3.8) is 0 Å². The van der Waals surface area contributed by atoms with Gasteiger partial charge in [-0.3, -0.25) is 19.3 Å². The van der Waals surface area contributed by atoms with Gasteiger partial charge in [0.25, 0.3) is 11.8 Å². The highest BCUT2D eigenvalue weighted by atomic mass is 16.5. The summed E-state index contributed by atoms with van der Waals surface area (Å²) < 4.78 is 10.7. The van der Waals surface area contributed by atoms with Crippen LogP contribution in [0.15, 0.2) is 42.5 Å². The Labute approximate surface area is 174 Å². The quantitative estimate of drug-likeness (QED) is 0.586. The van der Waals surface area contributed by atoms with E-state index in [4.69, 9.17) is 9.47 Å². The van der Waals surface area contributed by atoms with Crippen LogP contribution >= 0.6 is 0 Å². The van der Waals surface area contributed by atoms with E-state index in [0.717, 1.165) is 22.4 Å². The van der Waals surface area contributed by atoms with Gasteiger partial charge in [-0.05, 0) is 36.2 Å². The fraction of sp³-hybridized carbons (Fsp3) is 0.261. The number of hydrogen-bond acceptors (Lipinski definition) is 6. The van der Waals surface area contributed by atoms with E-state index in [2.05, 4.69) is 5.32 Å². The number of amides is 2. The third-order valence-electron chi connectivity index (χ3n) is 5.37. The topological polar surface area (TPSA) is 84.9 Å². The van der Waals surface area contributed by atoms with E-state index in [9.17, 15) is 14.4 Å². The van der Waals surface area contributed by atoms with Gasteiger partial charge in [0.05, 0.1) is 25.3 Å². The second-order valence-corrected chi connectivity index (χ2v) is 7.12. The molecular weight excluding hydrogens is 384 g/mol. The zero-order chi connectivity index (χ0) is 21.3. The Morgan fingerprint density at radius 1 is 1.03 bits per heavy atom. The Hall–Kier alpha value is -3.61. The maximum absolute atomic E-state index is 12.6. The molecule has 154 valence electrons. The molecule has 2 aromatic rings. The van der Waals surface area contributed by atoms with Gasteiger partial charge in [-0.15, -0.1) is 0 Å². The van der Waals surface area contributed by atoms with Crippen molar-refractivity contribution in [2.75, 3.05) is 27.3 Å². The molecule has 7 heteroatoms. The number of methoxy groups -OCH3 is 2. The molecule has 4 rings (SSSR count). The van der Waals surface area contributed by atoms with Crippen molar-refractivity contribution in [1.29, 1.82) is 0 Å². The Kier molecular flexibility index (Phi) is 5.27. The second kappa shape index (κ2) is 8.02. The average Bonchev–Trinajstić information content (AvgIpc) is 3.01. The smallest absolute Gasteiger partial charge is 0.261 e. The van der Waals surface area contributed by atoms with Gasteiger partial charge in [0.2, 0.25) is 0 Å². The summed E-state index contributed by atoms with van der Waals surface area (Å²) in [5.74, 6) is 0.360. The molecule has 1 N–H and O–H groups in total. The van der Waals surface area contributed by atoms with Crippen molar-refractivity contribution in [2.24, 2.45) is 0 Å². The van der Waals surface area contributed by atoms with Gasteiger partial charge in [-0.25, -0.2) is 0 Å². The van der Waals surface area contributed by atoms with Gasteiger partial charge in [0.15, 0.2) is 17.3 Å². The minimum atomic E-state index is -0.353. The summed E-state index contributed by atoms with van der Waals surface area (Å²) in [5, 5.41) is 3.25. The van der Waals surface area contributed by atoms with Crippen LogP contribution in [0.4, 0.5) is 0 Å². The SMILES string of the molecule is COc1cc2c(cc1OC)C(=CC(=O)CCN1C(=O)c3ccccc3C1=O)NCC2. The lowest BCUT2D eigenvalue weighted by atomic mass is 9.96. The summed E-state index contributed by atoms with van der Waals surface area (Å²) in [6.45, 7) is 0.744. The van der Waals surface area contributed by atoms with E-state index in [-0.39, 0.29) is 30.6 Å². The molecule has 0 radical (unpaired) electrons. The minimum absolute atomic E-state index is 0.0494. The first-order valence-corrected chi connectivity index (χ1v) is 9.72. The van der Waals surface area contributed by atoms with E-state index in [1.807, 2.05) is 12.1 Å². The van der Waals surface area contributed by atoms with Gasteiger partial charge >= 0.3 is 0 Å². The molecule has 0 unspecified atom stereocenters. The largest absolute Gasteiger partial charge is 0.493 e. The van der Waals surface area contributed by atoms with Crippen LogP contribution < -0.4 is 14.8 Å². The molecule has 2 heterocycles. The predicted octanol–water partition coefficient (Wildman–Crippen LogP) is 2.45. The molecule has 0 saturated carbocycles. The Bertz CT molecular complexity index is 1040.